The molecular formula is C17H20N4O4. The fourth-order valence-electron chi connectivity index (χ4n) is 1.99. The van der Waals surface area contributed by atoms with E-state index in [1.807, 2.05) is 0 Å². The molecule has 2 rings (SSSR count). The molecule has 0 saturated carbocycles. The van der Waals surface area contributed by atoms with Crippen molar-refractivity contribution in [3.8, 4) is 0 Å². The van der Waals surface area contributed by atoms with E-state index >= 15 is 0 Å². The number of esters is 1. The number of nitrogens with one attached hydrogen (secondary N) is 2. The van der Waals surface area contributed by atoms with E-state index in [1.165, 1.54) is 6.33 Å². The number of Topliss-reactive ketones (excluding diaryl/α,β-unsaturated/α-hetero) is 1. The van der Waals surface area contributed by atoms with Crippen LogP contribution >= 0.6 is 0 Å². The van der Waals surface area contributed by atoms with Crippen molar-refractivity contribution in [1.82, 2.24) is 9.97 Å². The van der Waals surface area contributed by atoms with E-state index in [9.17, 15) is 14.4 Å². The monoisotopic (exact) mass is 344 g/mol. The number of imidazole rings is 1. The molecule has 1 amide bonds. The molecule has 1 aromatic carbocycles. The Morgan fingerprint density at radius 3 is 2.44 bits per heavy atom. The summed E-state index contributed by atoms with van der Waals surface area (Å²) in [5.41, 5.74) is 5.15. The Morgan fingerprint density at radius 2 is 1.84 bits per heavy atom. The largest absolute Gasteiger partial charge is 0.458 e. The highest BCUT2D eigenvalue weighted by Crippen LogP contribution is 2.13. The van der Waals surface area contributed by atoms with Gasteiger partial charge in [-0.05, 0) is 32.9 Å². The molecule has 0 radical (unpaired) electrons. The minimum atomic E-state index is -1.56. The zero-order valence-electron chi connectivity index (χ0n) is 14.2. The number of amides is 1. The number of carbonyl (C=O) groups excluding carboxylic acids is 3. The van der Waals surface area contributed by atoms with Crippen molar-refractivity contribution in [2.45, 2.75) is 32.4 Å². The maximum absolute atomic E-state index is 12.4. The van der Waals surface area contributed by atoms with E-state index in [-0.39, 0.29) is 11.4 Å². The van der Waals surface area contributed by atoms with Crippen molar-refractivity contribution < 1.29 is 19.1 Å². The van der Waals surface area contributed by atoms with Crippen LogP contribution in [0.4, 0.5) is 5.69 Å². The molecule has 1 atom stereocenters. The predicted molar refractivity (Wildman–Crippen MR) is 91.1 cm³/mol. The second kappa shape index (κ2) is 7.27. The predicted octanol–water partition coefficient (Wildman–Crippen LogP) is 1.51. The lowest BCUT2D eigenvalue weighted by atomic mass is 10.1. The first kappa shape index (κ1) is 18.3. The fourth-order valence-corrected chi connectivity index (χ4v) is 1.99. The number of para-hydroxylation sites is 1. The van der Waals surface area contributed by atoms with E-state index in [0.717, 1.165) is 0 Å². The van der Waals surface area contributed by atoms with Gasteiger partial charge in [0.25, 0.3) is 5.91 Å². The highest BCUT2D eigenvalue weighted by Gasteiger charge is 2.32. The number of ketones is 1. The number of benzene rings is 1. The van der Waals surface area contributed by atoms with Gasteiger partial charge in [0, 0.05) is 5.69 Å². The summed E-state index contributed by atoms with van der Waals surface area (Å²) in [5.74, 6) is -2.24. The van der Waals surface area contributed by atoms with Crippen LogP contribution in [-0.4, -0.2) is 39.3 Å². The molecule has 2 aromatic rings. The van der Waals surface area contributed by atoms with Crippen LogP contribution in [0.5, 0.6) is 0 Å². The Morgan fingerprint density at radius 1 is 1.20 bits per heavy atom. The number of anilines is 1. The van der Waals surface area contributed by atoms with Crippen molar-refractivity contribution in [2.24, 2.45) is 5.73 Å². The van der Waals surface area contributed by atoms with Gasteiger partial charge in [-0.15, -0.1) is 0 Å². The molecule has 0 aliphatic carbocycles. The number of aromatic nitrogens is 2. The van der Waals surface area contributed by atoms with E-state index < -0.39 is 29.3 Å². The lowest BCUT2D eigenvalue weighted by molar-refractivity contribution is -0.155. The van der Waals surface area contributed by atoms with Gasteiger partial charge in [-0.1, -0.05) is 18.2 Å². The fraction of sp³-hybridized carbons (Fsp3) is 0.294. The Labute approximate surface area is 144 Å². The van der Waals surface area contributed by atoms with Gasteiger partial charge in [0.05, 0.1) is 6.33 Å². The summed E-state index contributed by atoms with van der Waals surface area (Å²) in [5, 5.41) is 2.63. The molecule has 0 fully saturated rings. The number of rotatable bonds is 5. The first-order chi connectivity index (χ1) is 11.7. The van der Waals surface area contributed by atoms with Crippen LogP contribution in [0.2, 0.25) is 0 Å². The van der Waals surface area contributed by atoms with Gasteiger partial charge in [-0.25, -0.2) is 9.78 Å². The van der Waals surface area contributed by atoms with Crippen molar-refractivity contribution in [2.75, 3.05) is 5.32 Å². The Bertz CT molecular complexity index is 777. The summed E-state index contributed by atoms with van der Waals surface area (Å²) < 4.78 is 5.09. The summed E-state index contributed by atoms with van der Waals surface area (Å²) in [6.45, 7) is 4.99. The van der Waals surface area contributed by atoms with Crippen molar-refractivity contribution in [1.29, 1.82) is 0 Å². The average Bonchev–Trinajstić information content (AvgIpc) is 3.02. The maximum Gasteiger partial charge on any atom is 0.331 e. The molecule has 1 aromatic heterocycles. The molecule has 132 valence electrons. The SMILES string of the molecule is CC(C)(C)OC(=O)C(N)C(=O)c1nc[nH]c1C(=O)Nc1ccccc1. The average molecular weight is 344 g/mol. The Hall–Kier alpha value is -3.00. The van der Waals surface area contributed by atoms with Crippen LogP contribution in [0.25, 0.3) is 0 Å². The third-order valence-electron chi connectivity index (χ3n) is 3.07. The number of H-pyrrole nitrogens is 1. The van der Waals surface area contributed by atoms with Crippen LogP contribution < -0.4 is 11.1 Å². The molecule has 0 spiro atoms. The van der Waals surface area contributed by atoms with Gasteiger partial charge in [0.2, 0.25) is 5.78 Å². The summed E-state index contributed by atoms with van der Waals surface area (Å²) in [4.78, 5) is 43.1. The number of hydrogen-bond acceptors (Lipinski definition) is 6. The van der Waals surface area contributed by atoms with Crippen LogP contribution in [-0.2, 0) is 9.53 Å². The highest BCUT2D eigenvalue weighted by atomic mass is 16.6. The number of ether oxygens (including phenoxy) is 1. The molecular weight excluding hydrogens is 324 g/mol. The minimum Gasteiger partial charge on any atom is -0.458 e. The van der Waals surface area contributed by atoms with Crippen molar-refractivity contribution in [3.63, 3.8) is 0 Å². The molecule has 1 heterocycles. The van der Waals surface area contributed by atoms with Crippen LogP contribution in [0.1, 0.15) is 41.7 Å². The zero-order valence-corrected chi connectivity index (χ0v) is 14.2. The summed E-state index contributed by atoms with van der Waals surface area (Å²) >= 11 is 0. The van der Waals surface area contributed by atoms with Gasteiger partial charge >= 0.3 is 5.97 Å². The van der Waals surface area contributed by atoms with Crippen molar-refractivity contribution >= 4 is 23.3 Å². The van der Waals surface area contributed by atoms with Gasteiger partial charge in [-0.2, -0.15) is 0 Å². The number of nitrogens with zero attached hydrogens (tertiary/aromatic N) is 1. The molecule has 8 heteroatoms. The lowest BCUT2D eigenvalue weighted by Crippen LogP contribution is -2.43. The zero-order chi connectivity index (χ0) is 18.6. The molecule has 0 saturated heterocycles. The lowest BCUT2D eigenvalue weighted by Gasteiger charge is -2.21. The van der Waals surface area contributed by atoms with Gasteiger partial charge in [0.15, 0.2) is 6.04 Å². The molecule has 1 unspecified atom stereocenters. The molecule has 0 aliphatic rings. The standard InChI is InChI=1S/C17H20N4O4/c1-17(2,3)25-16(24)11(18)14(22)12-13(20-9-19-12)15(23)21-10-7-5-4-6-8-10/h4-9,11H,18H2,1-3H3,(H,19,20)(H,21,23). The summed E-state index contributed by atoms with van der Waals surface area (Å²) in [7, 11) is 0. The molecule has 4 N–H and O–H groups in total. The first-order valence-electron chi connectivity index (χ1n) is 7.61. The quantitative estimate of drug-likeness (QED) is 0.429. The normalized spacial score (nSPS) is 12.3. The van der Waals surface area contributed by atoms with Crippen molar-refractivity contribution in [3.05, 3.63) is 48.0 Å². The molecule has 25 heavy (non-hydrogen) atoms. The third kappa shape index (κ3) is 4.74. The number of aromatic amines is 1. The molecule has 0 aliphatic heterocycles. The number of nitrogens with two attached hydrogens (primary N) is 1. The van der Waals surface area contributed by atoms with E-state index in [0.29, 0.717) is 5.69 Å². The minimum absolute atomic E-state index is 0.0761. The Kier molecular flexibility index (Phi) is 5.33. The molecule has 0 bridgehead atoms. The van der Waals surface area contributed by atoms with Gasteiger partial charge in [0.1, 0.15) is 17.0 Å². The highest BCUT2D eigenvalue weighted by molar-refractivity contribution is 6.16. The maximum atomic E-state index is 12.4. The van der Waals surface area contributed by atoms with Crippen LogP contribution in [0.3, 0.4) is 0 Å². The van der Waals surface area contributed by atoms with E-state index in [2.05, 4.69) is 15.3 Å². The Balaban J connectivity index is 2.16. The van der Waals surface area contributed by atoms with Crippen LogP contribution in [0.15, 0.2) is 36.7 Å². The molecule has 8 nitrogen and oxygen atoms in total. The topological polar surface area (TPSA) is 127 Å². The van der Waals surface area contributed by atoms with Gasteiger partial charge < -0.3 is 20.8 Å². The summed E-state index contributed by atoms with van der Waals surface area (Å²) in [6.07, 6.45) is 1.19. The van der Waals surface area contributed by atoms with E-state index in [1.54, 1.807) is 51.1 Å². The van der Waals surface area contributed by atoms with E-state index in [4.69, 9.17) is 10.5 Å². The summed E-state index contributed by atoms with van der Waals surface area (Å²) in [6, 6.07) is 7.15. The first-order valence-corrected chi connectivity index (χ1v) is 7.61. The van der Waals surface area contributed by atoms with Gasteiger partial charge in [-0.3, -0.25) is 9.59 Å². The van der Waals surface area contributed by atoms with Crippen LogP contribution in [0, 0.1) is 0 Å². The number of carbonyl (C=O) groups is 3. The second-order valence-corrected chi connectivity index (χ2v) is 6.32. The second-order valence-electron chi connectivity index (χ2n) is 6.32. The smallest absolute Gasteiger partial charge is 0.331 e. The number of hydrogen-bond donors (Lipinski definition) is 3. The third-order valence-corrected chi connectivity index (χ3v) is 3.07.